The van der Waals surface area contributed by atoms with Gasteiger partial charge in [-0.15, -0.1) is 13.2 Å². The molecule has 6 heteroatoms. The minimum atomic E-state index is -4.71. The highest BCUT2D eigenvalue weighted by Crippen LogP contribution is 2.34. The molecule has 0 saturated carbocycles. The normalized spacial score (nSPS) is 11.6. The first-order chi connectivity index (χ1) is 7.44. The Morgan fingerprint density at radius 3 is 2.56 bits per heavy atom. The van der Waals surface area contributed by atoms with Gasteiger partial charge in [0.15, 0.2) is 5.75 Å². The van der Waals surface area contributed by atoms with E-state index < -0.39 is 6.36 Å². The molecule has 0 bridgehead atoms. The van der Waals surface area contributed by atoms with Crippen LogP contribution in [-0.4, -0.2) is 11.7 Å². The third-order valence-corrected chi connectivity index (χ3v) is 2.70. The first kappa shape index (κ1) is 13.6. The molecular formula is C10H9BrClF3O. The van der Waals surface area contributed by atoms with Crippen LogP contribution in [0.3, 0.4) is 0 Å². The summed E-state index contributed by atoms with van der Waals surface area (Å²) < 4.78 is 40.3. The first-order valence-electron chi connectivity index (χ1n) is 4.53. The maximum atomic E-state index is 12.1. The van der Waals surface area contributed by atoms with Crippen molar-refractivity contribution in [3.8, 4) is 5.75 Å². The monoisotopic (exact) mass is 316 g/mol. The average molecular weight is 318 g/mol. The molecule has 0 radical (unpaired) electrons. The SMILES string of the molecule is FC(F)(F)Oc1c(Cl)cccc1CCCBr. The Morgan fingerprint density at radius 1 is 1.31 bits per heavy atom. The van der Waals surface area contributed by atoms with Crippen LogP contribution < -0.4 is 4.74 Å². The fourth-order valence-electron chi connectivity index (χ4n) is 1.24. The highest BCUT2D eigenvalue weighted by atomic mass is 79.9. The minimum absolute atomic E-state index is 0.0237. The third-order valence-electron chi connectivity index (χ3n) is 1.85. The van der Waals surface area contributed by atoms with E-state index in [2.05, 4.69) is 20.7 Å². The summed E-state index contributed by atoms with van der Waals surface area (Å²) in [5.41, 5.74) is 0.462. The quantitative estimate of drug-likeness (QED) is 0.739. The van der Waals surface area contributed by atoms with Gasteiger partial charge in [0.2, 0.25) is 0 Å². The fourth-order valence-corrected chi connectivity index (χ4v) is 1.75. The number of rotatable bonds is 4. The van der Waals surface area contributed by atoms with Crippen molar-refractivity contribution in [2.75, 3.05) is 5.33 Å². The molecule has 0 N–H and O–H groups in total. The van der Waals surface area contributed by atoms with E-state index in [1.165, 1.54) is 6.07 Å². The van der Waals surface area contributed by atoms with Crippen LogP contribution in [0, 0.1) is 0 Å². The van der Waals surface area contributed by atoms with Crippen molar-refractivity contribution < 1.29 is 17.9 Å². The molecule has 0 fully saturated rings. The lowest BCUT2D eigenvalue weighted by atomic mass is 10.1. The summed E-state index contributed by atoms with van der Waals surface area (Å²) in [5.74, 6) is -0.294. The molecule has 0 heterocycles. The van der Waals surface area contributed by atoms with E-state index in [1.807, 2.05) is 0 Å². The zero-order chi connectivity index (χ0) is 12.2. The molecule has 0 aliphatic heterocycles. The van der Waals surface area contributed by atoms with Crippen molar-refractivity contribution in [3.05, 3.63) is 28.8 Å². The number of alkyl halides is 4. The van der Waals surface area contributed by atoms with Gasteiger partial charge in [0.25, 0.3) is 0 Å². The second-order valence-corrected chi connectivity index (χ2v) is 4.27. The summed E-state index contributed by atoms with van der Waals surface area (Å²) in [4.78, 5) is 0. The molecule has 0 spiro atoms. The molecule has 0 aliphatic rings. The molecule has 16 heavy (non-hydrogen) atoms. The molecule has 0 aromatic heterocycles. The molecule has 1 nitrogen and oxygen atoms in total. The van der Waals surface area contributed by atoms with Gasteiger partial charge in [-0.25, -0.2) is 0 Å². The van der Waals surface area contributed by atoms with E-state index >= 15 is 0 Å². The Balaban J connectivity index is 2.94. The van der Waals surface area contributed by atoms with Crippen molar-refractivity contribution in [1.29, 1.82) is 0 Å². The molecule has 0 atom stereocenters. The lowest BCUT2D eigenvalue weighted by molar-refractivity contribution is -0.274. The Bertz CT molecular complexity index is 354. The average Bonchev–Trinajstić information content (AvgIpc) is 2.17. The van der Waals surface area contributed by atoms with Gasteiger partial charge in [-0.3, -0.25) is 0 Å². The standard InChI is InChI=1S/C10H9BrClF3O/c11-6-2-4-7-3-1-5-8(12)9(7)16-10(13,14)15/h1,3,5H,2,4,6H2. The smallest absolute Gasteiger partial charge is 0.404 e. The van der Waals surface area contributed by atoms with Crippen molar-refractivity contribution in [1.82, 2.24) is 0 Å². The van der Waals surface area contributed by atoms with E-state index in [-0.39, 0.29) is 10.8 Å². The fraction of sp³-hybridized carbons (Fsp3) is 0.400. The van der Waals surface area contributed by atoms with Gasteiger partial charge in [0.1, 0.15) is 0 Å². The van der Waals surface area contributed by atoms with Crippen LogP contribution in [0.4, 0.5) is 13.2 Å². The summed E-state index contributed by atoms with van der Waals surface area (Å²) in [6.07, 6.45) is -3.51. The molecule has 0 saturated heterocycles. The molecule has 90 valence electrons. The second-order valence-electron chi connectivity index (χ2n) is 3.07. The van der Waals surface area contributed by atoms with Gasteiger partial charge in [-0.2, -0.15) is 0 Å². The van der Waals surface area contributed by atoms with Gasteiger partial charge in [-0.05, 0) is 24.5 Å². The van der Waals surface area contributed by atoms with Crippen LogP contribution in [0.15, 0.2) is 18.2 Å². The maximum Gasteiger partial charge on any atom is 0.573 e. The Kier molecular flexibility index (Phi) is 4.92. The summed E-state index contributed by atoms with van der Waals surface area (Å²) >= 11 is 8.89. The topological polar surface area (TPSA) is 9.23 Å². The number of aryl methyl sites for hydroxylation is 1. The van der Waals surface area contributed by atoms with Crippen molar-refractivity contribution in [2.24, 2.45) is 0 Å². The van der Waals surface area contributed by atoms with Gasteiger partial charge in [0.05, 0.1) is 5.02 Å². The van der Waals surface area contributed by atoms with Crippen molar-refractivity contribution in [3.63, 3.8) is 0 Å². The van der Waals surface area contributed by atoms with Gasteiger partial charge in [-0.1, -0.05) is 39.7 Å². The number of halogens is 5. The summed E-state index contributed by atoms with van der Waals surface area (Å²) in [6.45, 7) is 0. The predicted octanol–water partition coefficient (Wildman–Crippen LogP) is 4.57. The molecule has 1 aromatic carbocycles. The molecule has 1 rings (SSSR count). The van der Waals surface area contributed by atoms with E-state index in [4.69, 9.17) is 11.6 Å². The number of hydrogen-bond acceptors (Lipinski definition) is 1. The van der Waals surface area contributed by atoms with Crippen LogP contribution in [0.2, 0.25) is 5.02 Å². The number of hydrogen-bond donors (Lipinski definition) is 0. The van der Waals surface area contributed by atoms with Gasteiger partial charge in [0, 0.05) is 5.33 Å². The van der Waals surface area contributed by atoms with Crippen LogP contribution in [-0.2, 0) is 6.42 Å². The zero-order valence-electron chi connectivity index (χ0n) is 8.15. The Labute approximate surface area is 105 Å². The van der Waals surface area contributed by atoms with Crippen molar-refractivity contribution >= 4 is 27.5 Å². The minimum Gasteiger partial charge on any atom is -0.404 e. The molecule has 0 unspecified atom stereocenters. The molecular weight excluding hydrogens is 308 g/mol. The highest BCUT2D eigenvalue weighted by molar-refractivity contribution is 9.09. The van der Waals surface area contributed by atoms with Crippen molar-refractivity contribution in [2.45, 2.75) is 19.2 Å². The maximum absolute atomic E-state index is 12.1. The summed E-state index contributed by atoms with van der Waals surface area (Å²) in [5, 5.41) is 0.690. The highest BCUT2D eigenvalue weighted by Gasteiger charge is 2.33. The second kappa shape index (κ2) is 5.77. The number of para-hydroxylation sites is 1. The van der Waals surface area contributed by atoms with Crippen LogP contribution in [0.1, 0.15) is 12.0 Å². The zero-order valence-corrected chi connectivity index (χ0v) is 10.5. The van der Waals surface area contributed by atoms with E-state index in [0.717, 1.165) is 0 Å². The summed E-state index contributed by atoms with van der Waals surface area (Å²) in [7, 11) is 0. The van der Waals surface area contributed by atoms with Gasteiger partial charge >= 0.3 is 6.36 Å². The summed E-state index contributed by atoms with van der Waals surface area (Å²) in [6, 6.07) is 4.56. The number of benzene rings is 1. The van der Waals surface area contributed by atoms with E-state index in [0.29, 0.717) is 23.7 Å². The van der Waals surface area contributed by atoms with Crippen LogP contribution >= 0.6 is 27.5 Å². The Morgan fingerprint density at radius 2 is 2.00 bits per heavy atom. The van der Waals surface area contributed by atoms with E-state index in [1.54, 1.807) is 12.1 Å². The lowest BCUT2D eigenvalue weighted by Crippen LogP contribution is -2.18. The Hall–Kier alpha value is -0.420. The third kappa shape index (κ3) is 4.22. The van der Waals surface area contributed by atoms with Gasteiger partial charge < -0.3 is 4.74 Å². The van der Waals surface area contributed by atoms with Crippen LogP contribution in [0.5, 0.6) is 5.75 Å². The lowest BCUT2D eigenvalue weighted by Gasteiger charge is -2.14. The predicted molar refractivity (Wildman–Crippen MR) is 60.3 cm³/mol. The molecule has 0 aliphatic carbocycles. The molecule has 0 amide bonds. The largest absolute Gasteiger partial charge is 0.573 e. The first-order valence-corrected chi connectivity index (χ1v) is 6.03. The van der Waals surface area contributed by atoms with E-state index in [9.17, 15) is 13.2 Å². The number of ether oxygens (including phenoxy) is 1. The molecule has 1 aromatic rings. The van der Waals surface area contributed by atoms with Crippen LogP contribution in [0.25, 0.3) is 0 Å².